The number of anilines is 1. The monoisotopic (exact) mass is 566 g/mol. The summed E-state index contributed by atoms with van der Waals surface area (Å²) in [6.45, 7) is 3.15. The Balaban J connectivity index is 1.55. The summed E-state index contributed by atoms with van der Waals surface area (Å²) < 4.78 is 5.23. The molecule has 4 rings (SSSR count). The van der Waals surface area contributed by atoms with E-state index < -0.39 is 21.2 Å². The van der Waals surface area contributed by atoms with Crippen molar-refractivity contribution in [2.75, 3.05) is 38.3 Å². The highest BCUT2D eigenvalue weighted by atomic mass is 35.5. The number of azo groups is 1. The minimum absolute atomic E-state index is 0.166. The van der Waals surface area contributed by atoms with Crippen LogP contribution in [0.3, 0.4) is 0 Å². The van der Waals surface area contributed by atoms with Crippen LogP contribution in [0.15, 0.2) is 64.8 Å². The van der Waals surface area contributed by atoms with Gasteiger partial charge in [-0.05, 0) is 42.8 Å². The predicted molar refractivity (Wildman–Crippen MR) is 146 cm³/mol. The van der Waals surface area contributed by atoms with Gasteiger partial charge in [0.25, 0.3) is 17.5 Å². The molecule has 1 aliphatic rings. The van der Waals surface area contributed by atoms with Crippen LogP contribution in [0.25, 0.3) is 0 Å². The molecule has 0 radical (unpaired) electrons. The average molecular weight is 567 g/mol. The quantitative estimate of drug-likeness (QED) is 0.125. The van der Waals surface area contributed by atoms with E-state index in [4.69, 9.17) is 16.3 Å². The maximum atomic E-state index is 12.8. The van der Waals surface area contributed by atoms with Crippen LogP contribution in [0.2, 0.25) is 5.02 Å². The molecule has 0 aliphatic carbocycles. The molecule has 13 nitrogen and oxygen atoms in total. The molecule has 2 amide bonds. The van der Waals surface area contributed by atoms with E-state index in [2.05, 4.69) is 10.2 Å². The molecule has 3 aromatic rings. The zero-order valence-electron chi connectivity index (χ0n) is 21.4. The highest BCUT2D eigenvalue weighted by Gasteiger charge is 2.35. The standard InChI is InChI=1S/C26H23ClN6O7/c1-16-13-17(7-8-22(16)28-29-24-21(27)14-18(32(36)37)15-23(24)33(38)39)30(11-12-40-2)9-10-31-25(34)19-5-3-4-6-20(19)26(31)35/h3-8,13-15H,9-12H2,1-2H3. The smallest absolute Gasteiger partial charge is 0.305 e. The average Bonchev–Trinajstić information content (AvgIpc) is 3.17. The molecule has 0 aromatic heterocycles. The van der Waals surface area contributed by atoms with Crippen molar-refractivity contribution in [2.24, 2.45) is 10.2 Å². The highest BCUT2D eigenvalue weighted by molar-refractivity contribution is 6.33. The number of imide groups is 1. The second-order valence-electron chi connectivity index (χ2n) is 8.77. The summed E-state index contributed by atoms with van der Waals surface area (Å²) in [7, 11) is 1.57. The number of halogens is 1. The summed E-state index contributed by atoms with van der Waals surface area (Å²) in [6, 6.07) is 13.7. The fourth-order valence-corrected chi connectivity index (χ4v) is 4.45. The van der Waals surface area contributed by atoms with Gasteiger partial charge in [0.1, 0.15) is 0 Å². The number of nitro groups is 2. The van der Waals surface area contributed by atoms with Gasteiger partial charge in [-0.2, -0.15) is 0 Å². The van der Waals surface area contributed by atoms with Crippen LogP contribution in [0.5, 0.6) is 0 Å². The molecule has 1 heterocycles. The number of fused-ring (bicyclic) bond motifs is 1. The fourth-order valence-electron chi connectivity index (χ4n) is 4.20. The van der Waals surface area contributed by atoms with Crippen LogP contribution in [0.4, 0.5) is 28.4 Å². The number of carbonyl (C=O) groups excluding carboxylic acids is 2. The van der Waals surface area contributed by atoms with Crippen LogP contribution < -0.4 is 4.90 Å². The maximum Gasteiger partial charge on any atom is 0.305 e. The molecule has 3 aromatic carbocycles. The SMILES string of the molecule is COCCN(CCN1C(=O)c2ccccc2C1=O)c1ccc(N=Nc2c(Cl)cc([N+](=O)[O-])cc2[N+](=O)[O-])c(C)c1. The second kappa shape index (κ2) is 12.0. The topological polar surface area (TPSA) is 161 Å². The van der Waals surface area contributed by atoms with Crippen molar-refractivity contribution in [1.82, 2.24) is 4.90 Å². The van der Waals surface area contributed by atoms with Gasteiger partial charge in [0.2, 0.25) is 0 Å². The van der Waals surface area contributed by atoms with Gasteiger partial charge in [-0.3, -0.25) is 34.7 Å². The van der Waals surface area contributed by atoms with E-state index in [0.717, 1.165) is 17.8 Å². The molecule has 14 heteroatoms. The van der Waals surface area contributed by atoms with Gasteiger partial charge in [0.15, 0.2) is 5.69 Å². The summed E-state index contributed by atoms with van der Waals surface area (Å²) in [6.07, 6.45) is 0. The summed E-state index contributed by atoms with van der Waals surface area (Å²) in [5, 5.41) is 30.2. The Labute approximate surface area is 232 Å². The number of hydrogen-bond donors (Lipinski definition) is 0. The summed E-state index contributed by atoms with van der Waals surface area (Å²) in [5.41, 5.74) is 1.12. The first-order valence-corrected chi connectivity index (χ1v) is 12.3. The van der Waals surface area contributed by atoms with Crippen LogP contribution in [0.1, 0.15) is 26.3 Å². The number of aryl methyl sites for hydroxylation is 1. The van der Waals surface area contributed by atoms with E-state index in [1.807, 2.05) is 11.0 Å². The van der Waals surface area contributed by atoms with Gasteiger partial charge in [0, 0.05) is 38.5 Å². The van der Waals surface area contributed by atoms with E-state index in [1.54, 1.807) is 50.4 Å². The number of methoxy groups -OCH3 is 1. The van der Waals surface area contributed by atoms with E-state index in [9.17, 15) is 29.8 Å². The molecular weight excluding hydrogens is 544 g/mol. The molecule has 1 aliphatic heterocycles. The van der Waals surface area contributed by atoms with Crippen molar-refractivity contribution < 1.29 is 24.2 Å². The molecule has 206 valence electrons. The van der Waals surface area contributed by atoms with Crippen molar-refractivity contribution in [1.29, 1.82) is 0 Å². The minimum Gasteiger partial charge on any atom is -0.383 e. The van der Waals surface area contributed by atoms with Crippen molar-refractivity contribution in [3.8, 4) is 0 Å². The number of amides is 2. The zero-order valence-corrected chi connectivity index (χ0v) is 22.2. The number of carbonyl (C=O) groups is 2. The van der Waals surface area contributed by atoms with E-state index in [1.165, 1.54) is 4.90 Å². The van der Waals surface area contributed by atoms with Crippen LogP contribution in [-0.4, -0.2) is 59.9 Å². The van der Waals surface area contributed by atoms with E-state index >= 15 is 0 Å². The summed E-state index contributed by atoms with van der Waals surface area (Å²) in [5.74, 6) is -0.670. The lowest BCUT2D eigenvalue weighted by molar-refractivity contribution is -0.393. The van der Waals surface area contributed by atoms with Gasteiger partial charge in [-0.25, -0.2) is 0 Å². The van der Waals surface area contributed by atoms with Crippen LogP contribution in [-0.2, 0) is 4.74 Å². The number of ether oxygens (including phenoxy) is 1. The van der Waals surface area contributed by atoms with Crippen molar-refractivity contribution >= 4 is 51.9 Å². The summed E-state index contributed by atoms with van der Waals surface area (Å²) in [4.78, 5) is 49.6. The van der Waals surface area contributed by atoms with Crippen molar-refractivity contribution in [2.45, 2.75) is 6.92 Å². The Hall–Kier alpha value is -4.75. The first kappa shape index (κ1) is 28.3. The van der Waals surface area contributed by atoms with Gasteiger partial charge < -0.3 is 9.64 Å². The molecule has 0 fully saturated rings. The van der Waals surface area contributed by atoms with Crippen LogP contribution in [0, 0.1) is 27.2 Å². The molecule has 0 saturated heterocycles. The lowest BCUT2D eigenvalue weighted by Gasteiger charge is -2.27. The molecule has 0 unspecified atom stereocenters. The fraction of sp³-hybridized carbons (Fsp3) is 0.231. The third-order valence-electron chi connectivity index (χ3n) is 6.28. The first-order valence-electron chi connectivity index (χ1n) is 12.0. The Bertz CT molecular complexity index is 1510. The largest absolute Gasteiger partial charge is 0.383 e. The second-order valence-corrected chi connectivity index (χ2v) is 9.17. The number of benzene rings is 3. The molecule has 0 saturated carbocycles. The molecule has 0 spiro atoms. The normalized spacial score (nSPS) is 12.7. The number of nitrogens with zero attached hydrogens (tertiary/aromatic N) is 6. The number of rotatable bonds is 11. The van der Waals surface area contributed by atoms with Crippen molar-refractivity contribution in [3.05, 3.63) is 96.5 Å². The van der Waals surface area contributed by atoms with E-state index in [-0.39, 0.29) is 29.1 Å². The number of nitro benzene ring substituents is 2. The summed E-state index contributed by atoms with van der Waals surface area (Å²) >= 11 is 6.05. The Morgan fingerprint density at radius 1 is 0.950 bits per heavy atom. The first-order chi connectivity index (χ1) is 19.1. The zero-order chi connectivity index (χ0) is 29.0. The van der Waals surface area contributed by atoms with Crippen LogP contribution >= 0.6 is 11.6 Å². The van der Waals surface area contributed by atoms with Gasteiger partial charge >= 0.3 is 5.69 Å². The number of non-ortho nitro benzene ring substituents is 1. The molecule has 0 atom stereocenters. The van der Waals surface area contributed by atoms with Gasteiger partial charge in [-0.15, -0.1) is 10.2 Å². The highest BCUT2D eigenvalue weighted by Crippen LogP contribution is 2.40. The third-order valence-corrected chi connectivity index (χ3v) is 6.56. The molecule has 0 N–H and O–H groups in total. The Morgan fingerprint density at radius 3 is 2.20 bits per heavy atom. The predicted octanol–water partition coefficient (Wildman–Crippen LogP) is 5.63. The maximum absolute atomic E-state index is 12.8. The minimum atomic E-state index is -0.814. The van der Waals surface area contributed by atoms with Gasteiger partial charge in [0.05, 0.1) is 44.4 Å². The molecule has 0 bridgehead atoms. The Kier molecular flexibility index (Phi) is 8.46. The van der Waals surface area contributed by atoms with Gasteiger partial charge in [-0.1, -0.05) is 23.7 Å². The van der Waals surface area contributed by atoms with E-state index in [0.29, 0.717) is 42.1 Å². The third kappa shape index (κ3) is 5.80. The Morgan fingerprint density at radius 2 is 1.62 bits per heavy atom. The molecule has 40 heavy (non-hydrogen) atoms. The lowest BCUT2D eigenvalue weighted by Crippen LogP contribution is -2.39. The van der Waals surface area contributed by atoms with Crippen molar-refractivity contribution in [3.63, 3.8) is 0 Å². The lowest BCUT2D eigenvalue weighted by atomic mass is 10.1. The number of hydrogen-bond acceptors (Lipinski definition) is 10. The molecular formula is C26H23ClN6O7.